The minimum atomic E-state index is 0.274. The Hall–Kier alpha value is -1.68. The molecule has 0 aromatic heterocycles. The van der Waals surface area contributed by atoms with Crippen molar-refractivity contribution >= 4 is 21.6 Å². The maximum absolute atomic E-state index is 9.90. The van der Waals surface area contributed by atoms with Gasteiger partial charge in [-0.05, 0) is 41.1 Å². The number of hydrogen-bond acceptors (Lipinski definition) is 3. The Morgan fingerprint density at radius 2 is 2.00 bits per heavy atom. The van der Waals surface area contributed by atoms with Gasteiger partial charge in [0.2, 0.25) is 0 Å². The van der Waals surface area contributed by atoms with E-state index in [4.69, 9.17) is 4.74 Å². The first-order valence-corrected chi connectivity index (χ1v) is 6.93. The molecule has 0 aliphatic heterocycles. The summed E-state index contributed by atoms with van der Waals surface area (Å²) in [4.78, 5) is 0. The van der Waals surface area contributed by atoms with E-state index in [2.05, 4.69) is 21.2 Å². The van der Waals surface area contributed by atoms with Gasteiger partial charge in [-0.2, -0.15) is 0 Å². The second-order valence-electron chi connectivity index (χ2n) is 4.06. The monoisotopic (exact) mass is 321 g/mol. The number of anilines is 1. The summed E-state index contributed by atoms with van der Waals surface area (Å²) in [6.07, 6.45) is 0. The Morgan fingerprint density at radius 1 is 1.21 bits per heavy atom. The number of phenolic OH excluding ortho intramolecular Hbond substituents is 1. The lowest BCUT2D eigenvalue weighted by molar-refractivity contribution is 0.340. The van der Waals surface area contributed by atoms with Crippen molar-refractivity contribution in [3.63, 3.8) is 0 Å². The van der Waals surface area contributed by atoms with Gasteiger partial charge in [0.05, 0.1) is 11.1 Å². The maximum Gasteiger partial charge on any atom is 0.134 e. The molecule has 100 valence electrons. The summed E-state index contributed by atoms with van der Waals surface area (Å²) >= 11 is 3.31. The zero-order valence-corrected chi connectivity index (χ0v) is 12.3. The predicted molar refractivity (Wildman–Crippen MR) is 80.7 cm³/mol. The topological polar surface area (TPSA) is 41.5 Å². The number of halogens is 1. The summed E-state index contributed by atoms with van der Waals surface area (Å²) in [6.45, 7) is 3.16. The zero-order chi connectivity index (χ0) is 13.7. The minimum Gasteiger partial charge on any atom is -0.506 e. The van der Waals surface area contributed by atoms with Crippen LogP contribution in [0.4, 0.5) is 5.69 Å². The summed E-state index contributed by atoms with van der Waals surface area (Å²) in [5.74, 6) is 1.11. The van der Waals surface area contributed by atoms with Gasteiger partial charge in [-0.3, -0.25) is 0 Å². The van der Waals surface area contributed by atoms with Crippen molar-refractivity contribution in [3.8, 4) is 11.5 Å². The lowest BCUT2D eigenvalue weighted by Crippen LogP contribution is -2.00. The van der Waals surface area contributed by atoms with Crippen molar-refractivity contribution in [2.75, 3.05) is 11.9 Å². The number of aromatic hydroxyl groups is 1. The van der Waals surface area contributed by atoms with Gasteiger partial charge in [-0.1, -0.05) is 18.2 Å². The van der Waals surface area contributed by atoms with Crippen LogP contribution in [0.2, 0.25) is 0 Å². The smallest absolute Gasteiger partial charge is 0.134 e. The van der Waals surface area contributed by atoms with Crippen LogP contribution in [0, 0.1) is 0 Å². The highest BCUT2D eigenvalue weighted by atomic mass is 79.9. The molecule has 0 amide bonds. The number of benzene rings is 2. The molecular weight excluding hydrogens is 306 g/mol. The zero-order valence-electron chi connectivity index (χ0n) is 10.7. The van der Waals surface area contributed by atoms with Crippen molar-refractivity contribution in [2.24, 2.45) is 0 Å². The van der Waals surface area contributed by atoms with Crippen LogP contribution in [-0.2, 0) is 6.54 Å². The van der Waals surface area contributed by atoms with Gasteiger partial charge in [0.1, 0.15) is 11.5 Å². The van der Waals surface area contributed by atoms with Crippen molar-refractivity contribution in [2.45, 2.75) is 13.5 Å². The van der Waals surface area contributed by atoms with Crippen LogP contribution in [0.25, 0.3) is 0 Å². The molecule has 0 spiro atoms. The molecule has 0 unspecified atom stereocenters. The van der Waals surface area contributed by atoms with Gasteiger partial charge in [-0.15, -0.1) is 0 Å². The lowest BCUT2D eigenvalue weighted by atomic mass is 10.2. The standard InChI is InChI=1S/C15H16BrNO2/c1-2-19-13-7-4-6-12(9-13)17-10-11-5-3-8-14(16)15(11)18/h3-9,17-18H,2,10H2,1H3. The van der Waals surface area contributed by atoms with E-state index in [1.54, 1.807) is 0 Å². The average molecular weight is 322 g/mol. The Morgan fingerprint density at radius 3 is 2.79 bits per heavy atom. The number of rotatable bonds is 5. The molecule has 2 aromatic rings. The Bertz CT molecular complexity index is 558. The second kappa shape index (κ2) is 6.48. The van der Waals surface area contributed by atoms with Gasteiger partial charge in [-0.25, -0.2) is 0 Å². The van der Waals surface area contributed by atoms with Crippen molar-refractivity contribution in [3.05, 3.63) is 52.5 Å². The van der Waals surface area contributed by atoms with Gasteiger partial charge < -0.3 is 15.2 Å². The van der Waals surface area contributed by atoms with Crippen LogP contribution in [0.1, 0.15) is 12.5 Å². The fraction of sp³-hybridized carbons (Fsp3) is 0.200. The van der Waals surface area contributed by atoms with Crippen LogP contribution in [0.5, 0.6) is 11.5 Å². The SMILES string of the molecule is CCOc1cccc(NCc2cccc(Br)c2O)c1. The molecule has 0 fully saturated rings. The second-order valence-corrected chi connectivity index (χ2v) is 4.92. The highest BCUT2D eigenvalue weighted by Crippen LogP contribution is 2.28. The van der Waals surface area contributed by atoms with Crippen molar-refractivity contribution in [1.82, 2.24) is 0 Å². The first-order valence-electron chi connectivity index (χ1n) is 6.13. The molecule has 4 heteroatoms. The molecule has 0 aliphatic rings. The third kappa shape index (κ3) is 3.64. The largest absolute Gasteiger partial charge is 0.506 e. The van der Waals surface area contributed by atoms with Gasteiger partial charge in [0.25, 0.3) is 0 Å². The van der Waals surface area contributed by atoms with Crippen LogP contribution in [0.15, 0.2) is 46.9 Å². The molecule has 0 saturated carbocycles. The number of para-hydroxylation sites is 1. The van der Waals surface area contributed by atoms with E-state index in [0.717, 1.165) is 17.0 Å². The molecule has 3 nitrogen and oxygen atoms in total. The van der Waals surface area contributed by atoms with E-state index >= 15 is 0 Å². The predicted octanol–water partition coefficient (Wildman–Crippen LogP) is 4.17. The fourth-order valence-electron chi connectivity index (χ4n) is 1.76. The van der Waals surface area contributed by atoms with E-state index in [-0.39, 0.29) is 5.75 Å². The fourth-order valence-corrected chi connectivity index (χ4v) is 2.17. The van der Waals surface area contributed by atoms with Crippen LogP contribution >= 0.6 is 15.9 Å². The molecule has 0 heterocycles. The van der Waals surface area contributed by atoms with E-state index < -0.39 is 0 Å². The summed E-state index contributed by atoms with van der Waals surface area (Å²) in [5.41, 5.74) is 1.81. The third-order valence-corrected chi connectivity index (χ3v) is 3.34. The van der Waals surface area contributed by atoms with Crippen LogP contribution in [-0.4, -0.2) is 11.7 Å². The first kappa shape index (κ1) is 13.7. The van der Waals surface area contributed by atoms with E-state index in [1.807, 2.05) is 49.4 Å². The number of hydrogen-bond donors (Lipinski definition) is 2. The molecule has 0 atom stereocenters. The Kier molecular flexibility index (Phi) is 4.68. The van der Waals surface area contributed by atoms with Crippen molar-refractivity contribution in [1.29, 1.82) is 0 Å². The molecule has 2 aromatic carbocycles. The maximum atomic E-state index is 9.90. The molecule has 0 aliphatic carbocycles. The molecular formula is C15H16BrNO2. The van der Waals surface area contributed by atoms with Crippen LogP contribution in [0.3, 0.4) is 0 Å². The van der Waals surface area contributed by atoms with Gasteiger partial charge in [0.15, 0.2) is 0 Å². The van der Waals surface area contributed by atoms with Crippen molar-refractivity contribution < 1.29 is 9.84 Å². The quantitative estimate of drug-likeness (QED) is 0.868. The lowest BCUT2D eigenvalue weighted by Gasteiger charge is -2.10. The Balaban J connectivity index is 2.06. The summed E-state index contributed by atoms with van der Waals surface area (Å²) in [6, 6.07) is 13.4. The highest BCUT2D eigenvalue weighted by molar-refractivity contribution is 9.10. The van der Waals surface area contributed by atoms with Gasteiger partial charge >= 0.3 is 0 Å². The minimum absolute atomic E-state index is 0.274. The normalized spacial score (nSPS) is 10.2. The van der Waals surface area contributed by atoms with Gasteiger partial charge in [0, 0.05) is 23.9 Å². The van der Waals surface area contributed by atoms with Crippen LogP contribution < -0.4 is 10.1 Å². The highest BCUT2D eigenvalue weighted by Gasteiger charge is 2.04. The number of phenols is 1. The molecule has 19 heavy (non-hydrogen) atoms. The average Bonchev–Trinajstić information content (AvgIpc) is 2.41. The molecule has 0 bridgehead atoms. The number of ether oxygens (including phenoxy) is 1. The van der Waals surface area contributed by atoms with E-state index in [0.29, 0.717) is 17.6 Å². The summed E-state index contributed by atoms with van der Waals surface area (Å²) < 4.78 is 6.15. The summed E-state index contributed by atoms with van der Waals surface area (Å²) in [5, 5.41) is 13.2. The molecule has 0 radical (unpaired) electrons. The van der Waals surface area contributed by atoms with E-state index in [9.17, 15) is 5.11 Å². The molecule has 2 N–H and O–H groups in total. The van der Waals surface area contributed by atoms with E-state index in [1.165, 1.54) is 0 Å². The molecule has 0 saturated heterocycles. The Labute approximate surface area is 121 Å². The summed E-state index contributed by atoms with van der Waals surface area (Å²) in [7, 11) is 0. The first-order chi connectivity index (χ1) is 9.20. The molecule has 2 rings (SSSR count). The number of nitrogens with one attached hydrogen (secondary N) is 1. The third-order valence-electron chi connectivity index (χ3n) is 2.70.